The fourth-order valence-corrected chi connectivity index (χ4v) is 3.07. The van der Waals surface area contributed by atoms with E-state index in [9.17, 15) is 9.59 Å². The van der Waals surface area contributed by atoms with E-state index in [1.807, 2.05) is 17.5 Å². The van der Waals surface area contributed by atoms with Crippen molar-refractivity contribution in [3.05, 3.63) is 52.0 Å². The first-order chi connectivity index (χ1) is 10.5. The van der Waals surface area contributed by atoms with Gasteiger partial charge in [0.15, 0.2) is 5.78 Å². The molecule has 0 fully saturated rings. The number of hydrogen-bond acceptors (Lipinski definition) is 4. The average molecular weight is 316 g/mol. The van der Waals surface area contributed by atoms with Gasteiger partial charge in [-0.05, 0) is 41.5 Å². The van der Waals surface area contributed by atoms with E-state index in [1.165, 1.54) is 18.3 Å². The first kappa shape index (κ1) is 16.4. The Hall–Kier alpha value is -2.01. The number of rotatable bonds is 6. The molecule has 1 atom stereocenters. The summed E-state index contributed by atoms with van der Waals surface area (Å²) in [4.78, 5) is 28.4. The van der Waals surface area contributed by atoms with E-state index in [4.69, 9.17) is 0 Å². The fourth-order valence-electron chi connectivity index (χ4n) is 2.26. The molecule has 0 spiro atoms. The molecule has 2 rings (SSSR count). The van der Waals surface area contributed by atoms with Crippen LogP contribution in [-0.4, -0.2) is 16.7 Å². The van der Waals surface area contributed by atoms with Crippen molar-refractivity contribution in [1.29, 1.82) is 0 Å². The van der Waals surface area contributed by atoms with E-state index in [0.717, 1.165) is 11.1 Å². The van der Waals surface area contributed by atoms with Crippen LogP contribution < -0.4 is 5.32 Å². The molecule has 5 heteroatoms. The Labute approximate surface area is 134 Å². The average Bonchev–Trinajstić information content (AvgIpc) is 2.94. The van der Waals surface area contributed by atoms with Gasteiger partial charge in [-0.2, -0.15) is 0 Å². The van der Waals surface area contributed by atoms with Crippen molar-refractivity contribution in [2.24, 2.45) is 5.92 Å². The zero-order chi connectivity index (χ0) is 16.1. The highest BCUT2D eigenvalue weighted by atomic mass is 32.1. The van der Waals surface area contributed by atoms with E-state index in [-0.39, 0.29) is 30.1 Å². The number of thiophene rings is 1. The monoisotopic (exact) mass is 316 g/mol. The van der Waals surface area contributed by atoms with Gasteiger partial charge < -0.3 is 5.32 Å². The third-order valence-electron chi connectivity index (χ3n) is 3.39. The van der Waals surface area contributed by atoms with Crippen molar-refractivity contribution in [3.63, 3.8) is 0 Å². The SMILES string of the molecule is CC(=O)c1cc(CC(=O)N[C@@H](c2cccnc2)C(C)C)cs1. The van der Waals surface area contributed by atoms with E-state index < -0.39 is 0 Å². The molecule has 2 aromatic heterocycles. The standard InChI is InChI=1S/C17H20N2O2S/c1-11(2)17(14-5-4-6-18-9-14)19-16(21)8-13-7-15(12(3)20)22-10-13/h4-7,9-11,17H,8H2,1-3H3,(H,19,21)/t17-/m1/s1. The molecule has 2 aromatic rings. The van der Waals surface area contributed by atoms with Gasteiger partial charge in [0.05, 0.1) is 17.3 Å². The molecule has 0 aliphatic heterocycles. The smallest absolute Gasteiger partial charge is 0.224 e. The number of hydrogen-bond donors (Lipinski definition) is 1. The van der Waals surface area contributed by atoms with Crippen molar-refractivity contribution in [2.45, 2.75) is 33.2 Å². The minimum atomic E-state index is -0.0629. The summed E-state index contributed by atoms with van der Waals surface area (Å²) in [6.07, 6.45) is 3.79. The summed E-state index contributed by atoms with van der Waals surface area (Å²) < 4.78 is 0. The van der Waals surface area contributed by atoms with Crippen LogP contribution in [0, 0.1) is 5.92 Å². The molecule has 0 radical (unpaired) electrons. The third kappa shape index (κ3) is 4.24. The lowest BCUT2D eigenvalue weighted by Crippen LogP contribution is -2.32. The molecule has 4 nitrogen and oxygen atoms in total. The molecule has 0 aromatic carbocycles. The highest BCUT2D eigenvalue weighted by molar-refractivity contribution is 7.12. The van der Waals surface area contributed by atoms with Gasteiger partial charge in [0, 0.05) is 12.4 Å². The Morgan fingerprint density at radius 2 is 2.14 bits per heavy atom. The summed E-state index contributed by atoms with van der Waals surface area (Å²) >= 11 is 1.38. The number of nitrogens with zero attached hydrogens (tertiary/aromatic N) is 1. The lowest BCUT2D eigenvalue weighted by atomic mass is 9.97. The van der Waals surface area contributed by atoms with Gasteiger partial charge in [0.2, 0.25) is 5.91 Å². The lowest BCUT2D eigenvalue weighted by Gasteiger charge is -2.22. The Morgan fingerprint density at radius 1 is 1.36 bits per heavy atom. The summed E-state index contributed by atoms with van der Waals surface area (Å²) in [6.45, 7) is 5.67. The molecule has 116 valence electrons. The molecule has 1 amide bonds. The summed E-state index contributed by atoms with van der Waals surface area (Å²) in [5, 5.41) is 4.93. The van der Waals surface area contributed by atoms with E-state index >= 15 is 0 Å². The van der Waals surface area contributed by atoms with Crippen molar-refractivity contribution in [3.8, 4) is 0 Å². The van der Waals surface area contributed by atoms with Gasteiger partial charge in [-0.1, -0.05) is 19.9 Å². The molecule has 0 unspecified atom stereocenters. The molecule has 2 heterocycles. The van der Waals surface area contributed by atoms with Crippen LogP contribution in [0.3, 0.4) is 0 Å². The number of nitrogens with one attached hydrogen (secondary N) is 1. The van der Waals surface area contributed by atoms with Crippen LogP contribution in [0.4, 0.5) is 0 Å². The predicted octanol–water partition coefficient (Wildman–Crippen LogP) is 3.40. The maximum absolute atomic E-state index is 12.3. The lowest BCUT2D eigenvalue weighted by molar-refractivity contribution is -0.121. The predicted molar refractivity (Wildman–Crippen MR) is 88.0 cm³/mol. The molecule has 0 saturated carbocycles. The number of carbonyl (C=O) groups excluding carboxylic acids is 2. The highest BCUT2D eigenvalue weighted by Crippen LogP contribution is 2.21. The summed E-state index contributed by atoms with van der Waals surface area (Å²) in [7, 11) is 0. The molecule has 0 saturated heterocycles. The second-order valence-corrected chi connectivity index (χ2v) is 6.54. The third-order valence-corrected chi connectivity index (χ3v) is 4.47. The Balaban J connectivity index is 2.03. The van der Waals surface area contributed by atoms with Crippen LogP contribution in [0.15, 0.2) is 36.0 Å². The van der Waals surface area contributed by atoms with E-state index in [2.05, 4.69) is 24.1 Å². The Bertz CT molecular complexity index is 650. The maximum atomic E-state index is 12.3. The summed E-state index contributed by atoms with van der Waals surface area (Å²) in [6, 6.07) is 5.57. The molecule has 0 bridgehead atoms. The number of pyridine rings is 1. The van der Waals surface area contributed by atoms with Crippen molar-refractivity contribution >= 4 is 23.0 Å². The van der Waals surface area contributed by atoms with Crippen molar-refractivity contribution < 1.29 is 9.59 Å². The molecule has 1 N–H and O–H groups in total. The number of Topliss-reactive ketones (excluding diaryl/α,β-unsaturated/α-hetero) is 1. The second kappa shape index (κ2) is 7.31. The normalized spacial score (nSPS) is 12.2. The zero-order valence-electron chi connectivity index (χ0n) is 13.0. The number of carbonyl (C=O) groups is 2. The summed E-state index contributed by atoms with van der Waals surface area (Å²) in [5.74, 6) is 0.255. The molecule has 0 aliphatic carbocycles. The van der Waals surface area contributed by atoms with Crippen LogP contribution in [0.1, 0.15) is 47.6 Å². The molecular weight excluding hydrogens is 296 g/mol. The zero-order valence-corrected chi connectivity index (χ0v) is 13.8. The van der Waals surface area contributed by atoms with Crippen LogP contribution in [0.5, 0.6) is 0 Å². The van der Waals surface area contributed by atoms with Gasteiger partial charge >= 0.3 is 0 Å². The fraction of sp³-hybridized carbons (Fsp3) is 0.353. The second-order valence-electron chi connectivity index (χ2n) is 5.63. The minimum Gasteiger partial charge on any atom is -0.349 e. The Kier molecular flexibility index (Phi) is 5.44. The van der Waals surface area contributed by atoms with E-state index in [1.54, 1.807) is 18.5 Å². The number of aromatic nitrogens is 1. The summed E-state index contributed by atoms with van der Waals surface area (Å²) in [5.41, 5.74) is 1.88. The van der Waals surface area contributed by atoms with Crippen LogP contribution >= 0.6 is 11.3 Å². The topological polar surface area (TPSA) is 59.1 Å². The van der Waals surface area contributed by atoms with Crippen LogP contribution in [0.25, 0.3) is 0 Å². The molecule has 0 aliphatic rings. The highest BCUT2D eigenvalue weighted by Gasteiger charge is 2.19. The van der Waals surface area contributed by atoms with Gasteiger partial charge in [0.1, 0.15) is 0 Å². The van der Waals surface area contributed by atoms with Crippen LogP contribution in [-0.2, 0) is 11.2 Å². The first-order valence-electron chi connectivity index (χ1n) is 7.25. The van der Waals surface area contributed by atoms with Gasteiger partial charge in [-0.25, -0.2) is 0 Å². The largest absolute Gasteiger partial charge is 0.349 e. The van der Waals surface area contributed by atoms with E-state index in [0.29, 0.717) is 4.88 Å². The number of ketones is 1. The first-order valence-corrected chi connectivity index (χ1v) is 8.13. The van der Waals surface area contributed by atoms with Crippen molar-refractivity contribution in [1.82, 2.24) is 10.3 Å². The number of amides is 1. The Morgan fingerprint density at radius 3 is 2.68 bits per heavy atom. The molecular formula is C17H20N2O2S. The maximum Gasteiger partial charge on any atom is 0.224 e. The quantitative estimate of drug-likeness (QED) is 0.831. The minimum absolute atomic E-state index is 0.0343. The van der Waals surface area contributed by atoms with Gasteiger partial charge in [-0.15, -0.1) is 11.3 Å². The van der Waals surface area contributed by atoms with Crippen molar-refractivity contribution in [2.75, 3.05) is 0 Å². The van der Waals surface area contributed by atoms with Gasteiger partial charge in [0.25, 0.3) is 0 Å². The molecule has 22 heavy (non-hydrogen) atoms. The van der Waals surface area contributed by atoms with Crippen LogP contribution in [0.2, 0.25) is 0 Å². The van der Waals surface area contributed by atoms with Gasteiger partial charge in [-0.3, -0.25) is 14.6 Å².